The van der Waals surface area contributed by atoms with Crippen LogP contribution >= 0.6 is 0 Å². The summed E-state index contributed by atoms with van der Waals surface area (Å²) in [6, 6.07) is 0.0620. The van der Waals surface area contributed by atoms with E-state index in [1.807, 2.05) is 0 Å². The number of piperidine rings is 1. The first-order chi connectivity index (χ1) is 10.7. The van der Waals surface area contributed by atoms with Crippen molar-refractivity contribution in [1.82, 2.24) is 15.5 Å². The Morgan fingerprint density at radius 3 is 2.64 bits per heavy atom. The molecule has 2 fully saturated rings. The number of nitrogens with zero attached hydrogens (tertiary/aromatic N) is 1. The van der Waals surface area contributed by atoms with E-state index in [1.165, 1.54) is 32.4 Å². The Morgan fingerprint density at radius 1 is 1.18 bits per heavy atom. The summed E-state index contributed by atoms with van der Waals surface area (Å²) in [4.78, 5) is 14.6. The first kappa shape index (κ1) is 17.5. The van der Waals surface area contributed by atoms with Gasteiger partial charge in [0.2, 0.25) is 0 Å². The zero-order chi connectivity index (χ0) is 15.8. The summed E-state index contributed by atoms with van der Waals surface area (Å²) in [7, 11) is 0. The summed E-state index contributed by atoms with van der Waals surface area (Å²) in [5.41, 5.74) is 0. The van der Waals surface area contributed by atoms with Gasteiger partial charge in [0, 0.05) is 31.7 Å². The molecule has 1 aliphatic heterocycles. The molecule has 22 heavy (non-hydrogen) atoms. The number of rotatable bonds is 6. The van der Waals surface area contributed by atoms with E-state index in [4.69, 9.17) is 0 Å². The van der Waals surface area contributed by atoms with Crippen LogP contribution in [0.2, 0.25) is 0 Å². The third-order valence-corrected chi connectivity index (χ3v) is 5.09. The fourth-order valence-corrected chi connectivity index (χ4v) is 3.75. The van der Waals surface area contributed by atoms with E-state index in [2.05, 4.69) is 22.5 Å². The van der Waals surface area contributed by atoms with E-state index in [9.17, 15) is 9.90 Å². The molecule has 0 bridgehead atoms. The van der Waals surface area contributed by atoms with Gasteiger partial charge in [0.05, 0.1) is 0 Å². The quantitative estimate of drug-likeness (QED) is 0.702. The van der Waals surface area contributed by atoms with Crippen LogP contribution in [0.15, 0.2) is 0 Å². The number of aliphatic hydroxyl groups is 1. The molecule has 5 heteroatoms. The van der Waals surface area contributed by atoms with Crippen molar-refractivity contribution >= 4 is 6.03 Å². The summed E-state index contributed by atoms with van der Waals surface area (Å²) in [5, 5.41) is 15.5. The zero-order valence-electron chi connectivity index (χ0n) is 14.0. The summed E-state index contributed by atoms with van der Waals surface area (Å²) in [6.07, 6.45) is 8.30. The number of likely N-dealkylation sites (tertiary alicyclic amines) is 1. The molecule has 1 heterocycles. The third-order valence-electron chi connectivity index (χ3n) is 5.09. The highest BCUT2D eigenvalue weighted by Gasteiger charge is 2.25. The Bertz CT molecular complexity index is 332. The first-order valence-corrected chi connectivity index (χ1v) is 9.06. The van der Waals surface area contributed by atoms with Crippen LogP contribution in [-0.2, 0) is 0 Å². The second kappa shape index (κ2) is 9.36. The predicted molar refractivity (Wildman–Crippen MR) is 88.8 cm³/mol. The van der Waals surface area contributed by atoms with Crippen LogP contribution < -0.4 is 10.6 Å². The van der Waals surface area contributed by atoms with Crippen molar-refractivity contribution in [3.8, 4) is 0 Å². The highest BCUT2D eigenvalue weighted by Crippen LogP contribution is 2.23. The van der Waals surface area contributed by atoms with Crippen molar-refractivity contribution in [3.63, 3.8) is 0 Å². The van der Waals surface area contributed by atoms with Gasteiger partial charge in [0.15, 0.2) is 0 Å². The SMILES string of the molecule is CC(CNC(=O)NC1CCCCC1CO)CN1CCCCC1. The maximum Gasteiger partial charge on any atom is 0.315 e. The highest BCUT2D eigenvalue weighted by molar-refractivity contribution is 5.74. The largest absolute Gasteiger partial charge is 0.396 e. The Balaban J connectivity index is 1.63. The first-order valence-electron chi connectivity index (χ1n) is 9.06. The molecule has 0 aromatic rings. The summed E-state index contributed by atoms with van der Waals surface area (Å²) in [5.74, 6) is 0.703. The van der Waals surface area contributed by atoms with Crippen LogP contribution in [-0.4, -0.2) is 54.9 Å². The fourth-order valence-electron chi connectivity index (χ4n) is 3.75. The van der Waals surface area contributed by atoms with Crippen LogP contribution in [0.5, 0.6) is 0 Å². The van der Waals surface area contributed by atoms with Crippen LogP contribution in [0.3, 0.4) is 0 Å². The number of carbonyl (C=O) groups is 1. The van der Waals surface area contributed by atoms with E-state index in [-0.39, 0.29) is 24.6 Å². The second-order valence-electron chi connectivity index (χ2n) is 7.15. The molecular weight excluding hydrogens is 278 g/mol. The Labute approximate surface area is 134 Å². The maximum atomic E-state index is 12.1. The van der Waals surface area contributed by atoms with Crippen LogP contribution in [0, 0.1) is 11.8 Å². The minimum atomic E-state index is -0.0733. The van der Waals surface area contributed by atoms with E-state index in [0.717, 1.165) is 38.8 Å². The summed E-state index contributed by atoms with van der Waals surface area (Å²) >= 11 is 0. The second-order valence-corrected chi connectivity index (χ2v) is 7.15. The fraction of sp³-hybridized carbons (Fsp3) is 0.941. The number of nitrogens with one attached hydrogen (secondary N) is 2. The molecule has 0 aromatic carbocycles. The highest BCUT2D eigenvalue weighted by atomic mass is 16.3. The molecule has 0 radical (unpaired) electrons. The van der Waals surface area contributed by atoms with E-state index in [1.54, 1.807) is 0 Å². The molecule has 3 atom stereocenters. The van der Waals surface area contributed by atoms with Crippen molar-refractivity contribution in [2.75, 3.05) is 32.8 Å². The molecule has 2 aliphatic rings. The third kappa shape index (κ3) is 5.76. The van der Waals surface area contributed by atoms with E-state index in [0.29, 0.717) is 5.92 Å². The molecular formula is C17H33N3O2. The lowest BCUT2D eigenvalue weighted by atomic mass is 9.85. The summed E-state index contributed by atoms with van der Waals surface area (Å²) < 4.78 is 0. The Kier molecular flexibility index (Phi) is 7.46. The molecule has 3 unspecified atom stereocenters. The van der Waals surface area contributed by atoms with Gasteiger partial charge < -0.3 is 20.6 Å². The molecule has 2 rings (SSSR count). The van der Waals surface area contributed by atoms with Gasteiger partial charge in [-0.1, -0.05) is 26.2 Å². The Morgan fingerprint density at radius 2 is 1.91 bits per heavy atom. The molecule has 1 aliphatic carbocycles. The minimum Gasteiger partial charge on any atom is -0.396 e. The lowest BCUT2D eigenvalue weighted by Gasteiger charge is -2.31. The van der Waals surface area contributed by atoms with Gasteiger partial charge in [-0.15, -0.1) is 0 Å². The molecule has 1 saturated heterocycles. The van der Waals surface area contributed by atoms with Crippen molar-refractivity contribution in [1.29, 1.82) is 0 Å². The van der Waals surface area contributed by atoms with Crippen LogP contribution in [0.1, 0.15) is 51.9 Å². The van der Waals surface area contributed by atoms with Gasteiger partial charge in [0.1, 0.15) is 0 Å². The van der Waals surface area contributed by atoms with Crippen molar-refractivity contribution in [3.05, 3.63) is 0 Å². The van der Waals surface area contributed by atoms with Gasteiger partial charge >= 0.3 is 6.03 Å². The molecule has 0 aromatic heterocycles. The predicted octanol–water partition coefficient (Wildman–Crippen LogP) is 1.96. The molecule has 5 nitrogen and oxygen atoms in total. The van der Waals surface area contributed by atoms with Gasteiger partial charge in [-0.05, 0) is 44.7 Å². The lowest BCUT2D eigenvalue weighted by Crippen LogP contribution is -2.49. The number of carbonyl (C=O) groups excluding carboxylic acids is 1. The molecule has 3 N–H and O–H groups in total. The van der Waals surface area contributed by atoms with Crippen molar-refractivity contribution in [2.45, 2.75) is 57.9 Å². The average Bonchev–Trinajstić information content (AvgIpc) is 2.54. The van der Waals surface area contributed by atoms with Crippen LogP contribution in [0.4, 0.5) is 4.79 Å². The topological polar surface area (TPSA) is 64.6 Å². The molecule has 128 valence electrons. The number of amides is 2. The van der Waals surface area contributed by atoms with E-state index < -0.39 is 0 Å². The van der Waals surface area contributed by atoms with Gasteiger partial charge in [0.25, 0.3) is 0 Å². The van der Waals surface area contributed by atoms with Gasteiger partial charge in [-0.3, -0.25) is 0 Å². The van der Waals surface area contributed by atoms with E-state index >= 15 is 0 Å². The summed E-state index contributed by atoms with van der Waals surface area (Å²) in [6.45, 7) is 6.58. The minimum absolute atomic E-state index is 0.0733. The van der Waals surface area contributed by atoms with Gasteiger partial charge in [-0.2, -0.15) is 0 Å². The molecule has 0 spiro atoms. The molecule has 2 amide bonds. The smallest absolute Gasteiger partial charge is 0.315 e. The van der Waals surface area contributed by atoms with Crippen LogP contribution in [0.25, 0.3) is 0 Å². The number of urea groups is 1. The maximum absolute atomic E-state index is 12.1. The monoisotopic (exact) mass is 311 g/mol. The lowest BCUT2D eigenvalue weighted by molar-refractivity contribution is 0.153. The average molecular weight is 311 g/mol. The number of hydrogen-bond acceptors (Lipinski definition) is 3. The Hall–Kier alpha value is -0.810. The van der Waals surface area contributed by atoms with Gasteiger partial charge in [-0.25, -0.2) is 4.79 Å². The number of aliphatic hydroxyl groups excluding tert-OH is 1. The normalized spacial score (nSPS) is 28.1. The van der Waals surface area contributed by atoms with Crippen molar-refractivity contribution in [2.24, 2.45) is 11.8 Å². The van der Waals surface area contributed by atoms with Crippen molar-refractivity contribution < 1.29 is 9.90 Å². The standard InChI is InChI=1S/C17H33N3O2/c1-14(12-20-9-5-2-6-10-20)11-18-17(22)19-16-8-4-3-7-15(16)13-21/h14-16,21H,2-13H2,1H3,(H2,18,19,22). The zero-order valence-corrected chi connectivity index (χ0v) is 14.0. The molecule has 1 saturated carbocycles. The number of hydrogen-bond donors (Lipinski definition) is 3.